The van der Waals surface area contributed by atoms with Crippen molar-refractivity contribution in [2.45, 2.75) is 38.3 Å². The highest BCUT2D eigenvalue weighted by molar-refractivity contribution is 7.89. The summed E-state index contributed by atoms with van der Waals surface area (Å²) in [7, 11) is -3.53. The molecule has 1 atom stereocenters. The number of nitrogens with one attached hydrogen (secondary N) is 2. The minimum atomic E-state index is -3.53. The molecule has 1 heterocycles. The molecule has 8 heteroatoms. The number of rotatable bonds is 10. The maximum absolute atomic E-state index is 12.1. The normalized spacial score (nSPS) is 13.6. The lowest BCUT2D eigenvalue weighted by Crippen LogP contribution is -2.35. The predicted octanol–water partition coefficient (Wildman–Crippen LogP) is 0.196. The molecule has 1 aromatic heterocycles. The number of hydrogen-bond donors (Lipinski definition) is 2. The van der Waals surface area contributed by atoms with Crippen molar-refractivity contribution in [3.63, 3.8) is 0 Å². The first-order valence-electron chi connectivity index (χ1n) is 6.82. The van der Waals surface area contributed by atoms with E-state index in [4.69, 9.17) is 4.74 Å². The van der Waals surface area contributed by atoms with E-state index in [9.17, 15) is 8.42 Å². The zero-order valence-electron chi connectivity index (χ0n) is 12.3. The van der Waals surface area contributed by atoms with E-state index in [1.165, 1.54) is 12.4 Å². The molecule has 7 nitrogen and oxygen atoms in total. The highest BCUT2D eigenvalue weighted by atomic mass is 32.2. The Bertz CT molecular complexity index is 487. The third-order valence-corrected chi connectivity index (χ3v) is 4.16. The molecule has 0 aromatic carbocycles. The van der Waals surface area contributed by atoms with Crippen LogP contribution in [-0.4, -0.2) is 50.5 Å². The van der Waals surface area contributed by atoms with E-state index in [2.05, 4.69) is 15.1 Å². The molecular weight excluding hydrogens is 280 g/mol. The molecule has 0 amide bonds. The van der Waals surface area contributed by atoms with E-state index >= 15 is 0 Å². The minimum Gasteiger partial charge on any atom is -0.380 e. The third kappa shape index (κ3) is 5.58. The minimum absolute atomic E-state index is 0.178. The van der Waals surface area contributed by atoms with Crippen LogP contribution in [0.5, 0.6) is 0 Å². The average molecular weight is 304 g/mol. The SMILES string of the molecule is CCNCCn1cc(S(=O)(=O)NC(C)COCC)cn1. The lowest BCUT2D eigenvalue weighted by molar-refractivity contribution is 0.133. The van der Waals surface area contributed by atoms with E-state index in [-0.39, 0.29) is 10.9 Å². The van der Waals surface area contributed by atoms with Gasteiger partial charge in [0.25, 0.3) is 0 Å². The second-order valence-corrected chi connectivity index (χ2v) is 6.19. The van der Waals surface area contributed by atoms with Crippen LogP contribution in [0.2, 0.25) is 0 Å². The summed E-state index contributed by atoms with van der Waals surface area (Å²) in [6.07, 6.45) is 2.90. The van der Waals surface area contributed by atoms with Crippen molar-refractivity contribution in [1.29, 1.82) is 0 Å². The molecule has 0 fully saturated rings. The van der Waals surface area contributed by atoms with Crippen molar-refractivity contribution in [2.24, 2.45) is 0 Å². The summed E-state index contributed by atoms with van der Waals surface area (Å²) in [5.41, 5.74) is 0. The molecule has 0 aliphatic heterocycles. The van der Waals surface area contributed by atoms with Gasteiger partial charge < -0.3 is 10.1 Å². The summed E-state index contributed by atoms with van der Waals surface area (Å²) >= 11 is 0. The van der Waals surface area contributed by atoms with Gasteiger partial charge >= 0.3 is 0 Å². The smallest absolute Gasteiger partial charge is 0.244 e. The first kappa shape index (κ1) is 17.1. The first-order valence-corrected chi connectivity index (χ1v) is 8.31. The first-order chi connectivity index (χ1) is 9.49. The van der Waals surface area contributed by atoms with E-state index in [1.54, 1.807) is 11.6 Å². The highest BCUT2D eigenvalue weighted by Gasteiger charge is 2.19. The van der Waals surface area contributed by atoms with Crippen LogP contribution in [0.4, 0.5) is 0 Å². The molecule has 0 spiro atoms. The summed E-state index contributed by atoms with van der Waals surface area (Å²) in [5.74, 6) is 0. The molecule has 20 heavy (non-hydrogen) atoms. The second kappa shape index (κ2) is 8.35. The fourth-order valence-electron chi connectivity index (χ4n) is 1.64. The molecule has 0 bridgehead atoms. The van der Waals surface area contributed by atoms with Crippen molar-refractivity contribution in [2.75, 3.05) is 26.3 Å². The Morgan fingerprint density at radius 1 is 1.45 bits per heavy atom. The fourth-order valence-corrected chi connectivity index (χ4v) is 2.82. The Morgan fingerprint density at radius 2 is 2.20 bits per heavy atom. The van der Waals surface area contributed by atoms with Gasteiger partial charge in [-0.15, -0.1) is 0 Å². The topological polar surface area (TPSA) is 85.2 Å². The molecule has 116 valence electrons. The van der Waals surface area contributed by atoms with Crippen LogP contribution in [0.1, 0.15) is 20.8 Å². The van der Waals surface area contributed by atoms with Crippen LogP contribution in [0.25, 0.3) is 0 Å². The van der Waals surface area contributed by atoms with Gasteiger partial charge in [0.15, 0.2) is 0 Å². The Labute approximate surface area is 120 Å². The number of nitrogens with zero attached hydrogens (tertiary/aromatic N) is 2. The van der Waals surface area contributed by atoms with Crippen LogP contribution in [0.3, 0.4) is 0 Å². The number of aromatic nitrogens is 2. The predicted molar refractivity (Wildman–Crippen MR) is 77.0 cm³/mol. The zero-order valence-corrected chi connectivity index (χ0v) is 13.1. The van der Waals surface area contributed by atoms with Crippen LogP contribution in [-0.2, 0) is 21.3 Å². The summed E-state index contributed by atoms with van der Waals surface area (Å²) in [6.45, 7) is 8.84. The number of sulfonamides is 1. The maximum Gasteiger partial charge on any atom is 0.244 e. The summed E-state index contributed by atoms with van der Waals surface area (Å²) in [4.78, 5) is 0.178. The summed E-state index contributed by atoms with van der Waals surface area (Å²) < 4.78 is 33.6. The molecule has 2 N–H and O–H groups in total. The average Bonchev–Trinajstić information content (AvgIpc) is 2.86. The van der Waals surface area contributed by atoms with Gasteiger partial charge in [-0.3, -0.25) is 4.68 Å². The number of hydrogen-bond acceptors (Lipinski definition) is 5. The van der Waals surface area contributed by atoms with Crippen LogP contribution < -0.4 is 10.0 Å². The fraction of sp³-hybridized carbons (Fsp3) is 0.750. The van der Waals surface area contributed by atoms with Crippen molar-refractivity contribution in [3.05, 3.63) is 12.4 Å². The zero-order chi connectivity index (χ0) is 15.0. The molecule has 0 saturated heterocycles. The van der Waals surface area contributed by atoms with E-state index < -0.39 is 10.0 Å². The molecule has 1 aromatic rings. The highest BCUT2D eigenvalue weighted by Crippen LogP contribution is 2.07. The largest absolute Gasteiger partial charge is 0.380 e. The van der Waals surface area contributed by atoms with Crippen molar-refractivity contribution in [3.8, 4) is 0 Å². The van der Waals surface area contributed by atoms with Gasteiger partial charge in [0.2, 0.25) is 10.0 Å². The van der Waals surface area contributed by atoms with Gasteiger partial charge in [0, 0.05) is 25.4 Å². The molecule has 1 unspecified atom stereocenters. The lowest BCUT2D eigenvalue weighted by atomic mass is 10.4. The van der Waals surface area contributed by atoms with Gasteiger partial charge in [-0.25, -0.2) is 13.1 Å². The Morgan fingerprint density at radius 3 is 2.85 bits per heavy atom. The Kier molecular flexibility index (Phi) is 7.14. The molecular formula is C12H24N4O3S. The van der Waals surface area contributed by atoms with Gasteiger partial charge in [-0.2, -0.15) is 5.10 Å². The van der Waals surface area contributed by atoms with E-state index in [0.717, 1.165) is 13.1 Å². The lowest BCUT2D eigenvalue weighted by Gasteiger charge is -2.12. The van der Waals surface area contributed by atoms with Gasteiger partial charge in [-0.05, 0) is 20.4 Å². The quantitative estimate of drug-likeness (QED) is 0.603. The molecule has 0 aliphatic rings. The van der Waals surface area contributed by atoms with E-state index in [0.29, 0.717) is 19.8 Å². The van der Waals surface area contributed by atoms with Gasteiger partial charge in [-0.1, -0.05) is 6.92 Å². The van der Waals surface area contributed by atoms with Crippen molar-refractivity contribution < 1.29 is 13.2 Å². The van der Waals surface area contributed by atoms with Crippen LogP contribution in [0.15, 0.2) is 17.3 Å². The van der Waals surface area contributed by atoms with Crippen LogP contribution in [0, 0.1) is 0 Å². The third-order valence-electron chi connectivity index (χ3n) is 2.62. The standard InChI is InChI=1S/C12H24N4O3S/c1-4-13-6-7-16-9-12(8-14-16)20(17,18)15-11(3)10-19-5-2/h8-9,11,13,15H,4-7,10H2,1-3H3. The van der Waals surface area contributed by atoms with Gasteiger partial charge in [0.05, 0.1) is 19.3 Å². The molecule has 1 rings (SSSR count). The van der Waals surface area contributed by atoms with Gasteiger partial charge in [0.1, 0.15) is 4.90 Å². The van der Waals surface area contributed by atoms with Crippen molar-refractivity contribution >= 4 is 10.0 Å². The van der Waals surface area contributed by atoms with Crippen LogP contribution >= 0.6 is 0 Å². The molecule has 0 saturated carbocycles. The Hall–Kier alpha value is -0.960. The number of likely N-dealkylation sites (N-methyl/N-ethyl adjacent to an activating group) is 1. The summed E-state index contributed by atoms with van der Waals surface area (Å²) in [5, 5.41) is 7.21. The molecule has 0 aliphatic carbocycles. The maximum atomic E-state index is 12.1. The summed E-state index contributed by atoms with van der Waals surface area (Å²) in [6, 6.07) is -0.273. The number of ether oxygens (including phenoxy) is 1. The molecule has 0 radical (unpaired) electrons. The second-order valence-electron chi connectivity index (χ2n) is 4.47. The monoisotopic (exact) mass is 304 g/mol. The Balaban J connectivity index is 2.59. The van der Waals surface area contributed by atoms with Crippen molar-refractivity contribution in [1.82, 2.24) is 19.8 Å². The van der Waals surface area contributed by atoms with E-state index in [1.807, 2.05) is 13.8 Å².